The van der Waals surface area contributed by atoms with E-state index in [0.717, 1.165) is 23.1 Å². The number of benzene rings is 1. The van der Waals surface area contributed by atoms with Crippen molar-refractivity contribution in [1.29, 1.82) is 0 Å². The number of halogens is 2. The number of hydrogen-bond donors (Lipinski definition) is 1. The van der Waals surface area contributed by atoms with Crippen LogP contribution < -0.4 is 0 Å². The van der Waals surface area contributed by atoms with Gasteiger partial charge in [-0.1, -0.05) is 11.8 Å². The van der Waals surface area contributed by atoms with Crippen molar-refractivity contribution in [3.8, 4) is 5.69 Å². The van der Waals surface area contributed by atoms with E-state index in [1.165, 1.54) is 6.07 Å². The molecule has 7 heteroatoms. The van der Waals surface area contributed by atoms with Crippen LogP contribution >= 0.6 is 27.7 Å². The number of aromatic nitrogens is 2. The van der Waals surface area contributed by atoms with E-state index in [1.54, 1.807) is 22.9 Å². The molecule has 1 N–H and O–H groups in total. The fraction of sp³-hybridized carbons (Fsp3) is 0.167. The molecule has 0 saturated carbocycles. The summed E-state index contributed by atoms with van der Waals surface area (Å²) in [5.41, 5.74) is 1.59. The van der Waals surface area contributed by atoms with Crippen molar-refractivity contribution >= 4 is 33.7 Å². The highest BCUT2D eigenvalue weighted by Crippen LogP contribution is 2.26. The van der Waals surface area contributed by atoms with Crippen molar-refractivity contribution in [2.45, 2.75) is 12.1 Å². The standard InChI is InChI=1S/C12H10BrFN2O2S/c1-7-5-15-12(19-6-11(17)18)16(7)8-2-3-10(14)9(13)4-8/h2-5H,6H2,1H3,(H,17,18). The van der Waals surface area contributed by atoms with Crippen LogP contribution in [-0.4, -0.2) is 26.4 Å². The molecule has 100 valence electrons. The van der Waals surface area contributed by atoms with E-state index < -0.39 is 5.97 Å². The van der Waals surface area contributed by atoms with Gasteiger partial charge in [-0.25, -0.2) is 9.37 Å². The van der Waals surface area contributed by atoms with E-state index in [4.69, 9.17) is 5.11 Å². The van der Waals surface area contributed by atoms with E-state index in [0.29, 0.717) is 9.63 Å². The molecule has 0 unspecified atom stereocenters. The highest BCUT2D eigenvalue weighted by atomic mass is 79.9. The summed E-state index contributed by atoms with van der Waals surface area (Å²) in [5.74, 6) is -1.32. The first-order valence-electron chi connectivity index (χ1n) is 5.33. The predicted molar refractivity (Wildman–Crippen MR) is 74.3 cm³/mol. The van der Waals surface area contributed by atoms with Gasteiger partial charge in [0.25, 0.3) is 0 Å². The Bertz CT molecular complexity index is 630. The zero-order chi connectivity index (χ0) is 14.0. The Hall–Kier alpha value is -1.34. The predicted octanol–water partition coefficient (Wildman–Crippen LogP) is 3.26. The molecular formula is C12H10BrFN2O2S. The molecule has 0 saturated heterocycles. The number of aryl methyl sites for hydroxylation is 1. The van der Waals surface area contributed by atoms with Crippen molar-refractivity contribution < 1.29 is 14.3 Å². The molecule has 0 amide bonds. The lowest BCUT2D eigenvalue weighted by Gasteiger charge is -2.10. The van der Waals surface area contributed by atoms with Crippen LogP contribution in [0.15, 0.2) is 34.0 Å². The largest absolute Gasteiger partial charge is 0.481 e. The molecule has 2 rings (SSSR count). The summed E-state index contributed by atoms with van der Waals surface area (Å²) in [6, 6.07) is 4.61. The Morgan fingerprint density at radius 2 is 2.32 bits per heavy atom. The molecule has 0 atom stereocenters. The van der Waals surface area contributed by atoms with E-state index in [-0.39, 0.29) is 11.6 Å². The third-order valence-electron chi connectivity index (χ3n) is 2.39. The lowest BCUT2D eigenvalue weighted by atomic mass is 10.3. The minimum Gasteiger partial charge on any atom is -0.481 e. The van der Waals surface area contributed by atoms with Crippen molar-refractivity contribution in [3.63, 3.8) is 0 Å². The topological polar surface area (TPSA) is 55.1 Å². The van der Waals surface area contributed by atoms with Crippen LogP contribution in [-0.2, 0) is 4.79 Å². The fourth-order valence-electron chi connectivity index (χ4n) is 1.58. The SMILES string of the molecule is Cc1cnc(SCC(=O)O)n1-c1ccc(F)c(Br)c1. The zero-order valence-electron chi connectivity index (χ0n) is 9.93. The van der Waals surface area contributed by atoms with Gasteiger partial charge >= 0.3 is 5.97 Å². The van der Waals surface area contributed by atoms with E-state index in [2.05, 4.69) is 20.9 Å². The third kappa shape index (κ3) is 3.16. The lowest BCUT2D eigenvalue weighted by Crippen LogP contribution is -2.03. The molecular weight excluding hydrogens is 335 g/mol. The van der Waals surface area contributed by atoms with Crippen molar-refractivity contribution in [1.82, 2.24) is 9.55 Å². The van der Waals surface area contributed by atoms with Gasteiger partial charge in [-0.3, -0.25) is 9.36 Å². The maximum absolute atomic E-state index is 13.2. The molecule has 0 spiro atoms. The zero-order valence-corrected chi connectivity index (χ0v) is 12.3. The second-order valence-corrected chi connectivity index (χ2v) is 5.60. The Labute approximate surface area is 121 Å². The number of hydrogen-bond acceptors (Lipinski definition) is 3. The molecule has 0 radical (unpaired) electrons. The molecule has 0 aliphatic rings. The first kappa shape index (κ1) is 14.1. The van der Waals surface area contributed by atoms with Crippen LogP contribution in [0.3, 0.4) is 0 Å². The monoisotopic (exact) mass is 344 g/mol. The van der Waals surface area contributed by atoms with Gasteiger partial charge in [-0.15, -0.1) is 0 Å². The van der Waals surface area contributed by atoms with Crippen LogP contribution in [0.2, 0.25) is 0 Å². The summed E-state index contributed by atoms with van der Waals surface area (Å²) in [6.07, 6.45) is 1.65. The average molecular weight is 345 g/mol. The molecule has 0 aliphatic carbocycles. The maximum atomic E-state index is 13.2. The number of rotatable bonds is 4. The highest BCUT2D eigenvalue weighted by Gasteiger charge is 2.12. The maximum Gasteiger partial charge on any atom is 0.313 e. The smallest absolute Gasteiger partial charge is 0.313 e. The molecule has 0 fully saturated rings. The molecule has 19 heavy (non-hydrogen) atoms. The van der Waals surface area contributed by atoms with E-state index in [9.17, 15) is 9.18 Å². The molecule has 4 nitrogen and oxygen atoms in total. The second kappa shape index (κ2) is 5.75. The van der Waals surface area contributed by atoms with Gasteiger partial charge in [0.15, 0.2) is 5.16 Å². The fourth-order valence-corrected chi connectivity index (χ4v) is 2.71. The van der Waals surface area contributed by atoms with Crippen LogP contribution in [0.4, 0.5) is 4.39 Å². The molecule has 1 aromatic heterocycles. The van der Waals surface area contributed by atoms with E-state index in [1.807, 2.05) is 6.92 Å². The number of nitrogens with zero attached hydrogens (tertiary/aromatic N) is 2. The number of imidazole rings is 1. The molecule has 1 aromatic carbocycles. The number of carboxylic acids is 1. The summed E-state index contributed by atoms with van der Waals surface area (Å²) in [6.45, 7) is 1.86. The first-order valence-corrected chi connectivity index (χ1v) is 7.11. The van der Waals surface area contributed by atoms with Gasteiger partial charge in [0.05, 0.1) is 10.2 Å². The van der Waals surface area contributed by atoms with Crippen LogP contribution in [0.5, 0.6) is 0 Å². The number of aliphatic carboxylic acids is 1. The number of carbonyl (C=O) groups is 1. The molecule has 1 heterocycles. The van der Waals surface area contributed by atoms with Gasteiger partial charge < -0.3 is 5.11 Å². The number of carboxylic acid groups (broad SMARTS) is 1. The first-order chi connectivity index (χ1) is 8.99. The minimum atomic E-state index is -0.905. The second-order valence-electron chi connectivity index (χ2n) is 3.80. The van der Waals surface area contributed by atoms with Gasteiger partial charge in [0.2, 0.25) is 0 Å². The summed E-state index contributed by atoms with van der Waals surface area (Å²) in [4.78, 5) is 14.8. The van der Waals surface area contributed by atoms with Crippen molar-refractivity contribution in [3.05, 3.63) is 40.4 Å². The van der Waals surface area contributed by atoms with Crippen LogP contribution in [0.25, 0.3) is 5.69 Å². The lowest BCUT2D eigenvalue weighted by molar-refractivity contribution is -0.133. The summed E-state index contributed by atoms with van der Waals surface area (Å²) in [7, 11) is 0. The van der Waals surface area contributed by atoms with Crippen LogP contribution in [0.1, 0.15) is 5.69 Å². The van der Waals surface area contributed by atoms with Gasteiger partial charge in [-0.05, 0) is 41.1 Å². The highest BCUT2D eigenvalue weighted by molar-refractivity contribution is 9.10. The quantitative estimate of drug-likeness (QED) is 0.865. The number of thioether (sulfide) groups is 1. The average Bonchev–Trinajstić information content (AvgIpc) is 2.71. The van der Waals surface area contributed by atoms with Gasteiger partial charge in [0, 0.05) is 17.6 Å². The molecule has 0 aliphatic heterocycles. The Kier molecular flexibility index (Phi) is 4.26. The molecule has 0 bridgehead atoms. The normalized spacial score (nSPS) is 10.7. The van der Waals surface area contributed by atoms with Crippen LogP contribution in [0, 0.1) is 12.7 Å². The minimum absolute atomic E-state index is 0.0706. The van der Waals surface area contributed by atoms with E-state index >= 15 is 0 Å². The third-order valence-corrected chi connectivity index (χ3v) is 3.94. The summed E-state index contributed by atoms with van der Waals surface area (Å²) >= 11 is 4.26. The van der Waals surface area contributed by atoms with Crippen molar-refractivity contribution in [2.24, 2.45) is 0 Å². The molecule has 2 aromatic rings. The summed E-state index contributed by atoms with van der Waals surface area (Å²) < 4.78 is 15.4. The Morgan fingerprint density at radius 3 is 2.95 bits per heavy atom. The van der Waals surface area contributed by atoms with Gasteiger partial charge in [-0.2, -0.15) is 0 Å². The van der Waals surface area contributed by atoms with Crippen molar-refractivity contribution in [2.75, 3.05) is 5.75 Å². The Morgan fingerprint density at radius 1 is 1.58 bits per heavy atom. The Balaban J connectivity index is 2.40. The summed E-state index contributed by atoms with van der Waals surface area (Å²) in [5, 5.41) is 9.28. The van der Waals surface area contributed by atoms with Gasteiger partial charge in [0.1, 0.15) is 5.82 Å².